The molecular weight excluding hydrogens is 172 g/mol. The van der Waals surface area contributed by atoms with Crippen LogP contribution in [0.3, 0.4) is 0 Å². The molecule has 0 spiro atoms. The summed E-state index contributed by atoms with van der Waals surface area (Å²) in [6.45, 7) is 2.64. The lowest BCUT2D eigenvalue weighted by atomic mass is 10.4. The zero-order valence-corrected chi connectivity index (χ0v) is 8.86. The van der Waals surface area contributed by atoms with Gasteiger partial charge in [-0.1, -0.05) is 0 Å². The third kappa shape index (κ3) is 4.62. The van der Waals surface area contributed by atoms with Crippen molar-refractivity contribution in [3.05, 3.63) is 0 Å². The molecule has 2 N–H and O–H groups in total. The van der Waals surface area contributed by atoms with Gasteiger partial charge in [-0.15, -0.1) is 11.8 Å². The van der Waals surface area contributed by atoms with E-state index in [1.165, 1.54) is 0 Å². The van der Waals surface area contributed by atoms with Crippen molar-refractivity contribution in [1.82, 2.24) is 4.90 Å². The van der Waals surface area contributed by atoms with Gasteiger partial charge in [0.25, 0.3) is 0 Å². The van der Waals surface area contributed by atoms with Crippen LogP contribution in [-0.4, -0.2) is 42.4 Å². The van der Waals surface area contributed by atoms with E-state index in [1.807, 2.05) is 6.92 Å². The average Bonchev–Trinajstić information content (AvgIpc) is 2.03. The van der Waals surface area contributed by atoms with Crippen molar-refractivity contribution in [2.45, 2.75) is 18.6 Å². The summed E-state index contributed by atoms with van der Waals surface area (Å²) in [5.41, 5.74) is 5.34. The molecule has 0 aliphatic rings. The van der Waals surface area contributed by atoms with Crippen molar-refractivity contribution in [3.63, 3.8) is 0 Å². The van der Waals surface area contributed by atoms with E-state index in [-0.39, 0.29) is 11.2 Å². The van der Waals surface area contributed by atoms with E-state index < -0.39 is 0 Å². The van der Waals surface area contributed by atoms with Gasteiger partial charge in [-0.2, -0.15) is 0 Å². The van der Waals surface area contributed by atoms with Gasteiger partial charge in [0.15, 0.2) is 0 Å². The molecule has 0 aromatic heterocycles. The van der Waals surface area contributed by atoms with Crippen LogP contribution >= 0.6 is 11.8 Å². The zero-order chi connectivity index (χ0) is 9.56. The summed E-state index contributed by atoms with van der Waals surface area (Å²) in [6, 6.07) is 0. The van der Waals surface area contributed by atoms with E-state index in [4.69, 9.17) is 5.73 Å². The second-order valence-electron chi connectivity index (χ2n) is 2.89. The van der Waals surface area contributed by atoms with E-state index in [1.54, 1.807) is 30.8 Å². The first-order valence-corrected chi connectivity index (χ1v) is 5.17. The molecule has 0 aliphatic carbocycles. The first kappa shape index (κ1) is 11.8. The van der Waals surface area contributed by atoms with Gasteiger partial charge in [0.05, 0.1) is 5.25 Å². The first-order valence-electron chi connectivity index (χ1n) is 4.12. The maximum Gasteiger partial charge on any atom is 0.234 e. The highest BCUT2D eigenvalue weighted by Crippen LogP contribution is 2.12. The molecule has 0 saturated carbocycles. The molecule has 72 valence electrons. The maximum absolute atomic E-state index is 11.3. The third-order valence-electron chi connectivity index (χ3n) is 1.50. The van der Waals surface area contributed by atoms with Gasteiger partial charge in [0.1, 0.15) is 0 Å². The summed E-state index contributed by atoms with van der Waals surface area (Å²) in [5.74, 6) is 1.15. The number of amides is 1. The Morgan fingerprint density at radius 2 is 2.17 bits per heavy atom. The molecule has 1 unspecified atom stereocenters. The smallest absolute Gasteiger partial charge is 0.234 e. The molecule has 0 saturated heterocycles. The van der Waals surface area contributed by atoms with Crippen molar-refractivity contribution in [3.8, 4) is 0 Å². The van der Waals surface area contributed by atoms with E-state index in [2.05, 4.69) is 0 Å². The lowest BCUT2D eigenvalue weighted by Gasteiger charge is -2.15. The highest BCUT2D eigenvalue weighted by Gasteiger charge is 2.13. The van der Waals surface area contributed by atoms with E-state index >= 15 is 0 Å². The SMILES string of the molecule is CC(SCCCN)C(=O)N(C)C. The van der Waals surface area contributed by atoms with Crippen molar-refractivity contribution in [2.75, 3.05) is 26.4 Å². The van der Waals surface area contributed by atoms with Gasteiger partial charge in [0.2, 0.25) is 5.91 Å². The maximum atomic E-state index is 11.3. The summed E-state index contributed by atoms with van der Waals surface area (Å²) in [5, 5.41) is 0.0616. The van der Waals surface area contributed by atoms with Crippen molar-refractivity contribution in [2.24, 2.45) is 5.73 Å². The molecule has 0 bridgehead atoms. The van der Waals surface area contributed by atoms with E-state index in [0.717, 1.165) is 12.2 Å². The Bertz CT molecular complexity index is 139. The lowest BCUT2D eigenvalue weighted by Crippen LogP contribution is -2.29. The van der Waals surface area contributed by atoms with Gasteiger partial charge in [-0.25, -0.2) is 0 Å². The van der Waals surface area contributed by atoms with Crippen LogP contribution in [0.4, 0.5) is 0 Å². The molecule has 1 amide bonds. The Morgan fingerprint density at radius 1 is 1.58 bits per heavy atom. The van der Waals surface area contributed by atoms with Gasteiger partial charge >= 0.3 is 0 Å². The predicted octanol–water partition coefficient (Wildman–Crippen LogP) is 0.545. The predicted molar refractivity (Wildman–Crippen MR) is 54.3 cm³/mol. The standard InChI is InChI=1S/C8H18N2OS/c1-7(8(11)10(2)3)12-6-4-5-9/h7H,4-6,9H2,1-3H3. The number of thioether (sulfide) groups is 1. The molecular formula is C8H18N2OS. The Kier molecular flexibility index (Phi) is 6.20. The van der Waals surface area contributed by atoms with Crippen LogP contribution in [-0.2, 0) is 4.79 Å². The number of hydrogen-bond donors (Lipinski definition) is 1. The minimum Gasteiger partial charge on any atom is -0.348 e. The Hall–Kier alpha value is -0.220. The zero-order valence-electron chi connectivity index (χ0n) is 8.04. The van der Waals surface area contributed by atoms with Crippen LogP contribution in [0.1, 0.15) is 13.3 Å². The van der Waals surface area contributed by atoms with Crippen molar-refractivity contribution < 1.29 is 4.79 Å². The fourth-order valence-corrected chi connectivity index (χ4v) is 1.82. The van der Waals surface area contributed by atoms with Gasteiger partial charge < -0.3 is 10.6 Å². The fourth-order valence-electron chi connectivity index (χ4n) is 0.778. The highest BCUT2D eigenvalue weighted by molar-refractivity contribution is 8.00. The third-order valence-corrected chi connectivity index (χ3v) is 2.73. The number of carbonyl (C=O) groups is 1. The molecule has 3 nitrogen and oxygen atoms in total. The molecule has 0 fully saturated rings. The van der Waals surface area contributed by atoms with Crippen LogP contribution in [0.15, 0.2) is 0 Å². The number of nitrogens with zero attached hydrogens (tertiary/aromatic N) is 1. The molecule has 12 heavy (non-hydrogen) atoms. The van der Waals surface area contributed by atoms with Crippen LogP contribution in [0.5, 0.6) is 0 Å². The second-order valence-corrected chi connectivity index (χ2v) is 4.34. The molecule has 0 aliphatic heterocycles. The average molecular weight is 190 g/mol. The molecule has 0 heterocycles. The van der Waals surface area contributed by atoms with Gasteiger partial charge in [-0.05, 0) is 25.6 Å². The monoisotopic (exact) mass is 190 g/mol. The van der Waals surface area contributed by atoms with E-state index in [0.29, 0.717) is 6.54 Å². The Morgan fingerprint density at radius 3 is 2.58 bits per heavy atom. The normalized spacial score (nSPS) is 12.7. The quantitative estimate of drug-likeness (QED) is 0.644. The molecule has 0 radical (unpaired) electrons. The molecule has 4 heteroatoms. The molecule has 0 aromatic carbocycles. The number of hydrogen-bond acceptors (Lipinski definition) is 3. The van der Waals surface area contributed by atoms with Gasteiger partial charge in [0, 0.05) is 14.1 Å². The minimum absolute atomic E-state index is 0.0616. The van der Waals surface area contributed by atoms with Crippen molar-refractivity contribution >= 4 is 17.7 Å². The summed E-state index contributed by atoms with van der Waals surface area (Å²) in [4.78, 5) is 12.9. The summed E-state index contributed by atoms with van der Waals surface area (Å²) in [6.07, 6.45) is 0.982. The number of carbonyl (C=O) groups excluding carboxylic acids is 1. The molecule has 0 rings (SSSR count). The minimum atomic E-state index is 0.0616. The molecule has 0 aromatic rings. The fraction of sp³-hybridized carbons (Fsp3) is 0.875. The van der Waals surface area contributed by atoms with Crippen LogP contribution in [0.25, 0.3) is 0 Å². The van der Waals surface area contributed by atoms with Crippen LogP contribution in [0.2, 0.25) is 0 Å². The summed E-state index contributed by atoms with van der Waals surface area (Å²) < 4.78 is 0. The lowest BCUT2D eigenvalue weighted by molar-refractivity contribution is -0.127. The van der Waals surface area contributed by atoms with Crippen LogP contribution in [0, 0.1) is 0 Å². The largest absolute Gasteiger partial charge is 0.348 e. The topological polar surface area (TPSA) is 46.3 Å². The van der Waals surface area contributed by atoms with E-state index in [9.17, 15) is 4.79 Å². The summed E-state index contributed by atoms with van der Waals surface area (Å²) >= 11 is 1.67. The Labute approximate surface area is 78.7 Å². The summed E-state index contributed by atoms with van der Waals surface area (Å²) in [7, 11) is 3.56. The van der Waals surface area contributed by atoms with Crippen molar-refractivity contribution in [1.29, 1.82) is 0 Å². The van der Waals surface area contributed by atoms with Gasteiger partial charge in [-0.3, -0.25) is 4.79 Å². The first-order chi connectivity index (χ1) is 5.59. The molecule has 1 atom stereocenters. The number of nitrogens with two attached hydrogens (primary N) is 1. The Balaban J connectivity index is 3.57. The number of rotatable bonds is 5. The second kappa shape index (κ2) is 6.31. The van der Waals surface area contributed by atoms with Crippen LogP contribution < -0.4 is 5.73 Å². The highest BCUT2D eigenvalue weighted by atomic mass is 32.2.